The highest BCUT2D eigenvalue weighted by molar-refractivity contribution is 6.30. The van der Waals surface area contributed by atoms with Gasteiger partial charge in [0.25, 0.3) is 0 Å². The lowest BCUT2D eigenvalue weighted by atomic mass is 9.84. The molecule has 0 spiro atoms. The summed E-state index contributed by atoms with van der Waals surface area (Å²) in [7, 11) is 0. The minimum atomic E-state index is -0.354. The minimum Gasteiger partial charge on any atom is -0.349 e. The highest BCUT2D eigenvalue weighted by atomic mass is 35.5. The minimum absolute atomic E-state index is 0.0194. The summed E-state index contributed by atoms with van der Waals surface area (Å²) in [6.07, 6.45) is 6.61. The zero-order chi connectivity index (χ0) is 16.4. The van der Waals surface area contributed by atoms with Crippen LogP contribution in [-0.2, 0) is 11.2 Å². The van der Waals surface area contributed by atoms with Crippen molar-refractivity contribution in [3.63, 3.8) is 0 Å². The van der Waals surface area contributed by atoms with Crippen LogP contribution in [0, 0.1) is 5.82 Å². The first-order valence-electron chi connectivity index (χ1n) is 7.81. The first kappa shape index (κ1) is 15.9. The molecule has 0 bridgehead atoms. The Morgan fingerprint density at radius 1 is 1.39 bits per heavy atom. The van der Waals surface area contributed by atoms with Crippen LogP contribution in [0.2, 0.25) is 5.02 Å². The molecule has 0 aliphatic heterocycles. The lowest BCUT2D eigenvalue weighted by molar-refractivity contribution is -0.121. The van der Waals surface area contributed by atoms with Gasteiger partial charge < -0.3 is 5.32 Å². The van der Waals surface area contributed by atoms with E-state index in [1.54, 1.807) is 24.5 Å². The van der Waals surface area contributed by atoms with Crippen LogP contribution in [0.25, 0.3) is 11.1 Å². The molecular formula is C18H18ClFN2O. The summed E-state index contributed by atoms with van der Waals surface area (Å²) in [6.45, 7) is 1.83. The molecule has 2 aromatic rings. The monoisotopic (exact) mass is 332 g/mol. The Balaban J connectivity index is 2.04. The van der Waals surface area contributed by atoms with Gasteiger partial charge in [-0.3, -0.25) is 9.78 Å². The van der Waals surface area contributed by atoms with E-state index in [1.807, 2.05) is 6.92 Å². The third-order valence-electron chi connectivity index (χ3n) is 4.26. The van der Waals surface area contributed by atoms with Crippen LogP contribution in [0.4, 0.5) is 4.39 Å². The van der Waals surface area contributed by atoms with Crippen molar-refractivity contribution >= 4 is 17.5 Å². The van der Waals surface area contributed by atoms with Crippen molar-refractivity contribution in [2.75, 3.05) is 0 Å². The van der Waals surface area contributed by atoms with Gasteiger partial charge in [-0.2, -0.15) is 0 Å². The molecule has 1 aliphatic rings. The van der Waals surface area contributed by atoms with Crippen LogP contribution in [0.3, 0.4) is 0 Å². The summed E-state index contributed by atoms with van der Waals surface area (Å²) in [5.74, 6) is -0.335. The predicted molar refractivity (Wildman–Crippen MR) is 88.8 cm³/mol. The second kappa shape index (κ2) is 6.67. The number of carbonyl (C=O) groups is 1. The summed E-state index contributed by atoms with van der Waals surface area (Å²) in [4.78, 5) is 16.0. The molecule has 1 heterocycles. The average Bonchev–Trinajstić information content (AvgIpc) is 2.55. The molecule has 1 aliphatic carbocycles. The Labute approximate surface area is 139 Å². The summed E-state index contributed by atoms with van der Waals surface area (Å²) in [5.41, 5.74) is 3.34. The number of carbonyl (C=O) groups excluding carboxylic acids is 1. The molecule has 1 unspecified atom stereocenters. The molecule has 0 saturated heterocycles. The van der Waals surface area contributed by atoms with E-state index in [2.05, 4.69) is 10.3 Å². The van der Waals surface area contributed by atoms with Gasteiger partial charge in [0.15, 0.2) is 0 Å². The van der Waals surface area contributed by atoms with E-state index in [4.69, 9.17) is 11.6 Å². The first-order chi connectivity index (χ1) is 11.1. The van der Waals surface area contributed by atoms with E-state index >= 15 is 0 Å². The first-order valence-corrected chi connectivity index (χ1v) is 8.19. The number of fused-ring (bicyclic) bond motifs is 1. The third-order valence-corrected chi connectivity index (χ3v) is 4.50. The topological polar surface area (TPSA) is 42.0 Å². The van der Waals surface area contributed by atoms with Gasteiger partial charge in [-0.15, -0.1) is 0 Å². The van der Waals surface area contributed by atoms with Crippen LogP contribution >= 0.6 is 11.6 Å². The number of hydrogen-bond acceptors (Lipinski definition) is 2. The number of hydrogen-bond donors (Lipinski definition) is 1. The lowest BCUT2D eigenvalue weighted by Crippen LogP contribution is -2.30. The highest BCUT2D eigenvalue weighted by Crippen LogP contribution is 2.36. The summed E-state index contributed by atoms with van der Waals surface area (Å²) in [5, 5.41) is 3.41. The molecule has 23 heavy (non-hydrogen) atoms. The second-order valence-electron chi connectivity index (χ2n) is 5.74. The summed E-state index contributed by atoms with van der Waals surface area (Å²) >= 11 is 5.84. The molecule has 3 nitrogen and oxygen atoms in total. The van der Waals surface area contributed by atoms with E-state index in [0.29, 0.717) is 17.0 Å². The van der Waals surface area contributed by atoms with E-state index in [-0.39, 0.29) is 17.8 Å². The largest absolute Gasteiger partial charge is 0.349 e. The number of pyridine rings is 1. The van der Waals surface area contributed by atoms with Crippen LogP contribution in [-0.4, -0.2) is 10.9 Å². The Morgan fingerprint density at radius 2 is 2.22 bits per heavy atom. The molecule has 0 fully saturated rings. The second-order valence-corrected chi connectivity index (χ2v) is 6.18. The number of benzene rings is 1. The molecular weight excluding hydrogens is 315 g/mol. The van der Waals surface area contributed by atoms with Crippen LogP contribution < -0.4 is 5.32 Å². The number of amides is 1. The van der Waals surface area contributed by atoms with E-state index < -0.39 is 0 Å². The SMILES string of the molecule is CCC(=O)NC1CCCc2c(-c3ccc(Cl)cc3F)cncc21. The maximum atomic E-state index is 14.3. The quantitative estimate of drug-likeness (QED) is 0.902. The molecule has 1 amide bonds. The number of rotatable bonds is 3. The zero-order valence-corrected chi connectivity index (χ0v) is 13.7. The van der Waals surface area contributed by atoms with Crippen LogP contribution in [0.15, 0.2) is 30.6 Å². The van der Waals surface area contributed by atoms with Crippen molar-refractivity contribution in [2.45, 2.75) is 38.6 Å². The standard InChI is InChI=1S/C18H18ClFN2O/c1-2-18(23)22-17-5-3-4-12-14(9-21-10-15(12)17)13-7-6-11(19)8-16(13)20/h6-10,17H,2-5H2,1H3,(H,22,23). The Bertz CT molecular complexity index is 748. The lowest BCUT2D eigenvalue weighted by Gasteiger charge is -2.27. The number of halogens is 2. The molecule has 1 atom stereocenters. The fourth-order valence-electron chi connectivity index (χ4n) is 3.11. The van der Waals surface area contributed by atoms with Gasteiger partial charge in [-0.25, -0.2) is 4.39 Å². The van der Waals surface area contributed by atoms with Crippen molar-refractivity contribution in [3.8, 4) is 11.1 Å². The predicted octanol–water partition coefficient (Wildman–Crippen LogP) is 4.44. The Kier molecular flexibility index (Phi) is 4.62. The van der Waals surface area contributed by atoms with Crippen molar-refractivity contribution in [1.29, 1.82) is 0 Å². The maximum Gasteiger partial charge on any atom is 0.220 e. The molecule has 1 aromatic heterocycles. The average molecular weight is 333 g/mol. The molecule has 1 N–H and O–H groups in total. The van der Waals surface area contributed by atoms with Gasteiger partial charge in [0, 0.05) is 35.0 Å². The van der Waals surface area contributed by atoms with Gasteiger partial charge >= 0.3 is 0 Å². The molecule has 0 radical (unpaired) electrons. The number of nitrogens with one attached hydrogen (secondary N) is 1. The van der Waals surface area contributed by atoms with Gasteiger partial charge in [-0.05, 0) is 48.6 Å². The van der Waals surface area contributed by atoms with Crippen LogP contribution in [0.5, 0.6) is 0 Å². The van der Waals surface area contributed by atoms with Crippen molar-refractivity contribution in [2.24, 2.45) is 0 Å². The Hall–Kier alpha value is -1.94. The van der Waals surface area contributed by atoms with Crippen molar-refractivity contribution in [1.82, 2.24) is 10.3 Å². The highest BCUT2D eigenvalue weighted by Gasteiger charge is 2.25. The van der Waals surface area contributed by atoms with E-state index in [9.17, 15) is 9.18 Å². The normalized spacial score (nSPS) is 16.7. The Morgan fingerprint density at radius 3 is 2.96 bits per heavy atom. The van der Waals surface area contributed by atoms with Crippen molar-refractivity contribution < 1.29 is 9.18 Å². The van der Waals surface area contributed by atoms with Crippen molar-refractivity contribution in [3.05, 3.63) is 52.6 Å². The number of aromatic nitrogens is 1. The van der Waals surface area contributed by atoms with Gasteiger partial charge in [-0.1, -0.05) is 18.5 Å². The summed E-state index contributed by atoms with van der Waals surface area (Å²) in [6, 6.07) is 4.63. The fourth-order valence-corrected chi connectivity index (χ4v) is 3.27. The fraction of sp³-hybridized carbons (Fsp3) is 0.333. The van der Waals surface area contributed by atoms with Gasteiger partial charge in [0.05, 0.1) is 6.04 Å². The summed E-state index contributed by atoms with van der Waals surface area (Å²) < 4.78 is 14.3. The smallest absolute Gasteiger partial charge is 0.220 e. The molecule has 120 valence electrons. The maximum absolute atomic E-state index is 14.3. The van der Waals surface area contributed by atoms with Gasteiger partial charge in [0.2, 0.25) is 5.91 Å². The third kappa shape index (κ3) is 3.22. The molecule has 0 saturated carbocycles. The van der Waals surface area contributed by atoms with Crippen LogP contribution in [0.1, 0.15) is 43.4 Å². The molecule has 3 rings (SSSR count). The van der Waals surface area contributed by atoms with E-state index in [0.717, 1.165) is 36.0 Å². The molecule has 5 heteroatoms. The van der Waals surface area contributed by atoms with Gasteiger partial charge in [0.1, 0.15) is 5.82 Å². The number of nitrogens with zero attached hydrogens (tertiary/aromatic N) is 1. The van der Waals surface area contributed by atoms with E-state index in [1.165, 1.54) is 6.07 Å². The molecule has 1 aromatic carbocycles. The zero-order valence-electron chi connectivity index (χ0n) is 12.9.